The van der Waals surface area contributed by atoms with Crippen molar-refractivity contribution in [1.29, 1.82) is 0 Å². The van der Waals surface area contributed by atoms with Gasteiger partial charge in [0.2, 0.25) is 10.0 Å². The van der Waals surface area contributed by atoms with Crippen molar-refractivity contribution in [3.8, 4) is 0 Å². The molecule has 5 heteroatoms. The monoisotopic (exact) mass is 345 g/mol. The Kier molecular flexibility index (Phi) is 4.38. The minimum absolute atomic E-state index is 0.0992. The fraction of sp³-hybridized carbons (Fsp3) is 0.571. The second kappa shape index (κ2) is 5.54. The smallest absolute Gasteiger partial charge is 0.207 e. The van der Waals surface area contributed by atoms with Crippen LogP contribution in [0.15, 0.2) is 21.5 Å². The number of hydrogen-bond acceptors (Lipinski definition) is 2. The molecule has 0 aromatic heterocycles. The molecule has 106 valence electrons. The third-order valence-corrected chi connectivity index (χ3v) is 6.79. The lowest BCUT2D eigenvalue weighted by Gasteiger charge is -2.32. The Bertz CT molecular complexity index is 583. The molecule has 0 bridgehead atoms. The molecule has 1 aromatic rings. The van der Waals surface area contributed by atoms with E-state index in [1.54, 1.807) is 10.4 Å². The van der Waals surface area contributed by atoms with Crippen molar-refractivity contribution in [2.75, 3.05) is 6.54 Å². The summed E-state index contributed by atoms with van der Waals surface area (Å²) in [6, 6.07) is 3.76. The fourth-order valence-corrected chi connectivity index (χ4v) is 5.04. The topological polar surface area (TPSA) is 37.4 Å². The summed E-state index contributed by atoms with van der Waals surface area (Å²) in [5.41, 5.74) is 1.75. The second-order valence-electron chi connectivity index (χ2n) is 5.33. The zero-order valence-corrected chi connectivity index (χ0v) is 14.0. The van der Waals surface area contributed by atoms with Crippen LogP contribution in [0.3, 0.4) is 0 Å². The van der Waals surface area contributed by atoms with Crippen LogP contribution in [-0.2, 0) is 10.0 Å². The van der Waals surface area contributed by atoms with Crippen molar-refractivity contribution in [3.63, 3.8) is 0 Å². The van der Waals surface area contributed by atoms with Crippen LogP contribution in [0, 0.1) is 13.8 Å². The number of aryl methyl sites for hydroxylation is 2. The molecule has 1 aromatic carbocycles. The van der Waals surface area contributed by atoms with Crippen LogP contribution in [-0.4, -0.2) is 25.3 Å². The Morgan fingerprint density at radius 1 is 1.21 bits per heavy atom. The number of nitrogens with zero attached hydrogens (tertiary/aromatic N) is 1. The van der Waals surface area contributed by atoms with E-state index in [0.29, 0.717) is 11.4 Å². The van der Waals surface area contributed by atoms with E-state index in [0.717, 1.165) is 34.9 Å². The highest BCUT2D eigenvalue weighted by molar-refractivity contribution is 9.10. The van der Waals surface area contributed by atoms with Crippen molar-refractivity contribution in [1.82, 2.24) is 4.31 Å². The number of sulfonamides is 1. The Hall–Kier alpha value is -0.390. The van der Waals surface area contributed by atoms with Crippen LogP contribution in [0.2, 0.25) is 0 Å². The van der Waals surface area contributed by atoms with Gasteiger partial charge in [-0.2, -0.15) is 4.31 Å². The van der Waals surface area contributed by atoms with Crippen LogP contribution < -0.4 is 0 Å². The zero-order chi connectivity index (χ0) is 14.2. The van der Waals surface area contributed by atoms with Crippen LogP contribution in [0.4, 0.5) is 0 Å². The van der Waals surface area contributed by atoms with Crippen LogP contribution >= 0.6 is 15.9 Å². The summed E-state index contributed by atoms with van der Waals surface area (Å²) >= 11 is 3.45. The van der Waals surface area contributed by atoms with E-state index in [1.807, 2.05) is 26.8 Å². The molecule has 1 saturated heterocycles. The van der Waals surface area contributed by atoms with Crippen molar-refractivity contribution < 1.29 is 8.42 Å². The van der Waals surface area contributed by atoms with Crippen LogP contribution in [0.25, 0.3) is 0 Å². The molecule has 1 heterocycles. The van der Waals surface area contributed by atoms with Gasteiger partial charge in [0.15, 0.2) is 0 Å². The summed E-state index contributed by atoms with van der Waals surface area (Å²) < 4.78 is 28.2. The SMILES string of the molecule is Cc1cc(S(=O)(=O)N2CCCCC2C)c(C)cc1Br. The molecule has 0 radical (unpaired) electrons. The molecule has 1 unspecified atom stereocenters. The number of rotatable bonds is 2. The minimum atomic E-state index is -3.37. The number of piperidine rings is 1. The van der Waals surface area contributed by atoms with Gasteiger partial charge in [-0.05, 0) is 56.9 Å². The lowest BCUT2D eigenvalue weighted by molar-refractivity contribution is 0.268. The van der Waals surface area contributed by atoms with Gasteiger partial charge in [-0.15, -0.1) is 0 Å². The molecule has 0 aliphatic carbocycles. The molecule has 1 fully saturated rings. The first kappa shape index (κ1) is 15.0. The zero-order valence-electron chi connectivity index (χ0n) is 11.6. The van der Waals surface area contributed by atoms with E-state index < -0.39 is 10.0 Å². The molecule has 3 nitrogen and oxygen atoms in total. The molecular weight excluding hydrogens is 326 g/mol. The predicted molar refractivity (Wildman–Crippen MR) is 80.8 cm³/mol. The largest absolute Gasteiger partial charge is 0.243 e. The molecule has 0 spiro atoms. The van der Waals surface area contributed by atoms with Gasteiger partial charge in [0, 0.05) is 17.1 Å². The lowest BCUT2D eigenvalue weighted by Crippen LogP contribution is -2.42. The molecular formula is C14H20BrNO2S. The first-order valence-electron chi connectivity index (χ1n) is 6.62. The maximum atomic E-state index is 12.8. The molecule has 0 saturated carbocycles. The second-order valence-corrected chi connectivity index (χ2v) is 8.04. The van der Waals surface area contributed by atoms with Gasteiger partial charge in [0.1, 0.15) is 0 Å². The van der Waals surface area contributed by atoms with Gasteiger partial charge < -0.3 is 0 Å². The van der Waals surface area contributed by atoms with E-state index >= 15 is 0 Å². The average Bonchev–Trinajstić information content (AvgIpc) is 2.34. The summed E-state index contributed by atoms with van der Waals surface area (Å²) in [7, 11) is -3.37. The molecule has 1 aliphatic rings. The minimum Gasteiger partial charge on any atom is -0.207 e. The van der Waals surface area contributed by atoms with E-state index in [2.05, 4.69) is 15.9 Å². The molecule has 1 aliphatic heterocycles. The normalized spacial score (nSPS) is 21.6. The maximum absolute atomic E-state index is 12.8. The van der Waals surface area contributed by atoms with E-state index in [-0.39, 0.29) is 6.04 Å². The van der Waals surface area contributed by atoms with Crippen molar-refractivity contribution in [2.45, 2.75) is 51.0 Å². The lowest BCUT2D eigenvalue weighted by atomic mass is 10.1. The first-order valence-corrected chi connectivity index (χ1v) is 8.86. The van der Waals surface area contributed by atoms with Crippen molar-refractivity contribution in [3.05, 3.63) is 27.7 Å². The molecule has 0 N–H and O–H groups in total. The van der Waals surface area contributed by atoms with Gasteiger partial charge in [0.05, 0.1) is 4.90 Å². The highest BCUT2D eigenvalue weighted by Crippen LogP contribution is 2.30. The first-order chi connectivity index (χ1) is 8.84. The highest BCUT2D eigenvalue weighted by Gasteiger charge is 2.32. The van der Waals surface area contributed by atoms with Gasteiger partial charge in [-0.25, -0.2) is 8.42 Å². The fourth-order valence-electron chi connectivity index (χ4n) is 2.59. The van der Waals surface area contributed by atoms with E-state index in [4.69, 9.17) is 0 Å². The average molecular weight is 346 g/mol. The van der Waals surface area contributed by atoms with Crippen molar-refractivity contribution in [2.24, 2.45) is 0 Å². The predicted octanol–water partition coefficient (Wildman–Crippen LogP) is 3.63. The molecule has 1 atom stereocenters. The van der Waals surface area contributed by atoms with Gasteiger partial charge in [-0.1, -0.05) is 22.4 Å². The number of halogens is 1. The molecule has 19 heavy (non-hydrogen) atoms. The molecule has 2 rings (SSSR count). The summed E-state index contributed by atoms with van der Waals surface area (Å²) in [6.45, 7) is 6.41. The van der Waals surface area contributed by atoms with E-state index in [1.165, 1.54) is 0 Å². The summed E-state index contributed by atoms with van der Waals surface area (Å²) in [5, 5.41) is 0. The molecule has 0 amide bonds. The summed E-state index contributed by atoms with van der Waals surface area (Å²) in [6.07, 6.45) is 3.03. The Balaban J connectivity index is 2.47. The van der Waals surface area contributed by atoms with Crippen molar-refractivity contribution >= 4 is 26.0 Å². The number of hydrogen-bond donors (Lipinski definition) is 0. The van der Waals surface area contributed by atoms with Gasteiger partial charge in [-0.3, -0.25) is 0 Å². The Labute approximate surface area is 124 Å². The van der Waals surface area contributed by atoms with Crippen LogP contribution in [0.5, 0.6) is 0 Å². The van der Waals surface area contributed by atoms with Gasteiger partial charge >= 0.3 is 0 Å². The quantitative estimate of drug-likeness (QED) is 0.820. The third-order valence-electron chi connectivity index (χ3n) is 3.78. The Morgan fingerprint density at radius 2 is 1.89 bits per heavy atom. The highest BCUT2D eigenvalue weighted by atomic mass is 79.9. The standard InChI is InChI=1S/C14H20BrNO2S/c1-10-9-14(11(2)8-13(10)15)19(17,18)16-7-5-4-6-12(16)3/h8-9,12H,4-7H2,1-3H3. The Morgan fingerprint density at radius 3 is 2.53 bits per heavy atom. The number of benzene rings is 1. The third kappa shape index (κ3) is 2.88. The summed E-state index contributed by atoms with van der Waals surface area (Å²) in [4.78, 5) is 0.446. The van der Waals surface area contributed by atoms with E-state index in [9.17, 15) is 8.42 Å². The van der Waals surface area contributed by atoms with Gasteiger partial charge in [0.25, 0.3) is 0 Å². The summed E-state index contributed by atoms with van der Waals surface area (Å²) in [5.74, 6) is 0. The maximum Gasteiger partial charge on any atom is 0.243 e. The van der Waals surface area contributed by atoms with Crippen LogP contribution in [0.1, 0.15) is 37.3 Å².